The number of amides is 1. The number of aromatic hydroxyl groups is 1. The van der Waals surface area contributed by atoms with Crippen molar-refractivity contribution in [2.45, 2.75) is 51.2 Å². The number of hydrogen-bond acceptors (Lipinski definition) is 9. The molecule has 4 saturated carbocycles. The number of aromatic nitrogens is 3. The lowest BCUT2D eigenvalue weighted by atomic mass is 9.50. The second-order valence-electron chi connectivity index (χ2n) is 14.0. The number of hydrogen-bond donors (Lipinski definition) is 2. The zero-order chi connectivity index (χ0) is 33.0. The highest BCUT2D eigenvalue weighted by Gasteiger charge is 2.52. The Labute approximate surface area is 271 Å². The molecule has 0 unspecified atom stereocenters. The number of anilines is 1. The van der Waals surface area contributed by atoms with E-state index in [1.807, 2.05) is 9.80 Å². The fourth-order valence-corrected chi connectivity index (χ4v) is 10.4. The van der Waals surface area contributed by atoms with E-state index in [4.69, 9.17) is 0 Å². The Kier molecular flexibility index (Phi) is 8.14. The van der Waals surface area contributed by atoms with Gasteiger partial charge in [-0.3, -0.25) is 14.7 Å². The molecule has 2 N–H and O–H groups in total. The molecular weight excluding hydrogens is 633 g/mol. The highest BCUT2D eigenvalue weighted by molar-refractivity contribution is 7.90. The lowest BCUT2D eigenvalue weighted by Crippen LogP contribution is -2.51. The number of nitrogens with one attached hydrogen (secondary N) is 1. The van der Waals surface area contributed by atoms with Crippen LogP contribution in [0.2, 0.25) is 0 Å². The maximum Gasteiger partial charge on any atom is 0.416 e. The van der Waals surface area contributed by atoms with Crippen LogP contribution in [0, 0.1) is 23.2 Å². The van der Waals surface area contributed by atoms with E-state index in [0.29, 0.717) is 73.0 Å². The van der Waals surface area contributed by atoms with Crippen molar-refractivity contribution in [3.8, 4) is 16.9 Å². The van der Waals surface area contributed by atoms with Crippen LogP contribution in [-0.4, -0.2) is 71.4 Å². The third-order valence-corrected chi connectivity index (χ3v) is 11.8. The molecule has 2 aromatic heterocycles. The Morgan fingerprint density at radius 2 is 1.60 bits per heavy atom. The summed E-state index contributed by atoms with van der Waals surface area (Å²) in [6.45, 7) is 2.45. The molecule has 0 atom stereocenters. The average molecular weight is 671 g/mol. The van der Waals surface area contributed by atoms with Gasteiger partial charge >= 0.3 is 6.18 Å². The zero-order valence-electron chi connectivity index (χ0n) is 25.8. The van der Waals surface area contributed by atoms with Gasteiger partial charge < -0.3 is 10.0 Å². The van der Waals surface area contributed by atoms with Crippen LogP contribution in [0.25, 0.3) is 11.1 Å². The van der Waals surface area contributed by atoms with Gasteiger partial charge in [0.05, 0.1) is 17.5 Å². The second kappa shape index (κ2) is 12.0. The monoisotopic (exact) mass is 670 g/mol. The van der Waals surface area contributed by atoms with Gasteiger partial charge in [-0.25, -0.2) is 13.1 Å². The van der Waals surface area contributed by atoms with Crippen molar-refractivity contribution in [1.82, 2.24) is 24.8 Å². The van der Waals surface area contributed by atoms with Crippen LogP contribution in [0.4, 0.5) is 19.0 Å². The molecule has 8 rings (SSSR count). The van der Waals surface area contributed by atoms with Gasteiger partial charge in [-0.05, 0) is 109 Å². The van der Waals surface area contributed by atoms with Gasteiger partial charge in [0, 0.05) is 44.5 Å². The predicted octanol–water partition coefficient (Wildman–Crippen LogP) is 4.86. The van der Waals surface area contributed by atoms with Crippen LogP contribution in [0.1, 0.15) is 60.1 Å². The number of carbonyl (C=O) groups is 1. The largest absolute Gasteiger partial charge is 0.506 e. The zero-order valence-corrected chi connectivity index (χ0v) is 26.6. The SMILES string of the molecule is O=C(NS(=O)(=O)CC12CC3CC(CC(C3)C1)C2)c1ccc(N2CCN(Cc3cc(-c4cncc(O)c4)cc(C(F)(F)F)c3)CC2)nn1. The number of alkyl halides is 3. The van der Waals surface area contributed by atoms with Gasteiger partial charge in [0.25, 0.3) is 5.91 Å². The van der Waals surface area contributed by atoms with Crippen molar-refractivity contribution in [2.75, 3.05) is 36.8 Å². The van der Waals surface area contributed by atoms with E-state index in [2.05, 4.69) is 19.9 Å². The summed E-state index contributed by atoms with van der Waals surface area (Å²) in [7, 11) is -3.85. The Balaban J connectivity index is 0.952. The minimum atomic E-state index is -4.53. The molecule has 3 aromatic rings. The third kappa shape index (κ3) is 7.08. The molecule has 0 radical (unpaired) electrons. The van der Waals surface area contributed by atoms with Gasteiger partial charge in [-0.1, -0.05) is 0 Å². The van der Waals surface area contributed by atoms with Crippen molar-refractivity contribution in [1.29, 1.82) is 0 Å². The Hall–Kier alpha value is -3.78. The van der Waals surface area contributed by atoms with Crippen molar-refractivity contribution in [2.24, 2.45) is 23.2 Å². The Morgan fingerprint density at radius 3 is 2.19 bits per heavy atom. The quantitative estimate of drug-likeness (QED) is 0.345. The fourth-order valence-electron chi connectivity index (χ4n) is 8.81. The number of carbonyl (C=O) groups excluding carboxylic acids is 1. The number of rotatable bonds is 8. The Bertz CT molecular complexity index is 1730. The lowest BCUT2D eigenvalue weighted by Gasteiger charge is -2.56. The first kappa shape index (κ1) is 31.8. The molecule has 14 heteroatoms. The normalized spacial score (nSPS) is 26.0. The van der Waals surface area contributed by atoms with E-state index >= 15 is 0 Å². The summed E-state index contributed by atoms with van der Waals surface area (Å²) >= 11 is 0. The highest BCUT2D eigenvalue weighted by atomic mass is 32.2. The topological polar surface area (TPSA) is 129 Å². The van der Waals surface area contributed by atoms with E-state index in [9.17, 15) is 31.5 Å². The van der Waals surface area contributed by atoms with Crippen molar-refractivity contribution < 1.29 is 31.5 Å². The van der Waals surface area contributed by atoms with Crippen LogP contribution in [-0.2, 0) is 22.7 Å². The van der Waals surface area contributed by atoms with Gasteiger partial charge in [-0.15, -0.1) is 10.2 Å². The van der Waals surface area contributed by atoms with Crippen molar-refractivity contribution in [3.05, 3.63) is 65.6 Å². The second-order valence-corrected chi connectivity index (χ2v) is 15.7. The maximum atomic E-state index is 13.7. The van der Waals surface area contributed by atoms with Crippen LogP contribution in [0.5, 0.6) is 5.75 Å². The summed E-state index contributed by atoms with van der Waals surface area (Å²) in [5.74, 6) is 1.39. The third-order valence-electron chi connectivity index (χ3n) is 10.3. The van der Waals surface area contributed by atoms with Crippen molar-refractivity contribution in [3.63, 3.8) is 0 Å². The standard InChI is InChI=1S/C33H37F3N6O4S/c34-33(35,36)27-11-24(10-25(12-27)26-13-28(43)18-37-17-26)19-41-3-5-42(6-4-41)30-2-1-29(38-39-30)31(44)40-47(45,46)20-32-14-21-7-22(15-32)9-23(8-21)16-32/h1-2,10-13,17-18,21-23,43H,3-9,14-16,19-20H2,(H,40,44). The Morgan fingerprint density at radius 1 is 0.915 bits per heavy atom. The molecule has 10 nitrogen and oxygen atoms in total. The minimum absolute atomic E-state index is 0.0279. The summed E-state index contributed by atoms with van der Waals surface area (Å²) in [4.78, 5) is 20.8. The van der Waals surface area contributed by atoms with Crippen LogP contribution < -0.4 is 9.62 Å². The lowest BCUT2D eigenvalue weighted by molar-refractivity contribution is -0.137. The van der Waals surface area contributed by atoms with E-state index < -0.39 is 27.7 Å². The van der Waals surface area contributed by atoms with E-state index in [0.717, 1.165) is 31.4 Å². The summed E-state index contributed by atoms with van der Waals surface area (Å²) in [6, 6.07) is 8.35. The molecular formula is C33H37F3N6O4S. The summed E-state index contributed by atoms with van der Waals surface area (Å²) < 4.78 is 69.6. The number of benzene rings is 1. The molecule has 4 aliphatic carbocycles. The average Bonchev–Trinajstić information content (AvgIpc) is 2.99. The summed E-state index contributed by atoms with van der Waals surface area (Å²) in [5, 5.41) is 18.0. The van der Waals surface area contributed by atoms with E-state index in [1.54, 1.807) is 12.1 Å². The molecule has 1 aromatic carbocycles. The summed E-state index contributed by atoms with van der Waals surface area (Å²) in [5.41, 5.74) is 0.108. The predicted molar refractivity (Wildman–Crippen MR) is 168 cm³/mol. The molecule has 3 heterocycles. The number of nitrogens with zero attached hydrogens (tertiary/aromatic N) is 5. The molecule has 5 aliphatic rings. The molecule has 0 spiro atoms. The van der Waals surface area contributed by atoms with Gasteiger partial charge in [0.1, 0.15) is 5.75 Å². The highest BCUT2D eigenvalue weighted by Crippen LogP contribution is 2.60. The number of halogens is 3. The molecule has 47 heavy (non-hydrogen) atoms. The van der Waals surface area contributed by atoms with Gasteiger partial charge in [0.2, 0.25) is 10.0 Å². The van der Waals surface area contributed by atoms with Crippen LogP contribution in [0.3, 0.4) is 0 Å². The van der Waals surface area contributed by atoms with Crippen molar-refractivity contribution >= 4 is 21.7 Å². The first-order valence-corrected chi connectivity index (χ1v) is 17.7. The molecule has 5 fully saturated rings. The van der Waals surface area contributed by atoms with E-state index in [-0.39, 0.29) is 22.6 Å². The van der Waals surface area contributed by atoms with Gasteiger partial charge in [-0.2, -0.15) is 13.2 Å². The molecule has 4 bridgehead atoms. The molecule has 1 amide bonds. The first-order chi connectivity index (χ1) is 22.3. The molecule has 1 saturated heterocycles. The maximum absolute atomic E-state index is 13.7. The van der Waals surface area contributed by atoms with Crippen LogP contribution in [0.15, 0.2) is 48.8 Å². The van der Waals surface area contributed by atoms with Crippen LogP contribution >= 0.6 is 0 Å². The van der Waals surface area contributed by atoms with Gasteiger partial charge in [0.15, 0.2) is 11.5 Å². The number of piperazine rings is 1. The molecule has 250 valence electrons. The first-order valence-electron chi connectivity index (χ1n) is 16.0. The smallest absolute Gasteiger partial charge is 0.416 e. The van der Waals surface area contributed by atoms with E-state index in [1.165, 1.54) is 43.8 Å². The summed E-state index contributed by atoms with van der Waals surface area (Å²) in [6.07, 6.45) is 4.49. The fraction of sp³-hybridized carbons (Fsp3) is 0.515. The number of pyridine rings is 1. The molecule has 1 aliphatic heterocycles. The minimum Gasteiger partial charge on any atom is -0.506 e. The number of sulfonamides is 1.